The molecule has 0 spiro atoms. The molecule has 0 aliphatic carbocycles. The third-order valence-corrected chi connectivity index (χ3v) is 2.47. The highest BCUT2D eigenvalue weighted by atomic mass is 16.4. The molecule has 0 aliphatic heterocycles. The second-order valence-electron chi connectivity index (χ2n) is 3.83. The van der Waals surface area contributed by atoms with Gasteiger partial charge in [-0.15, -0.1) is 0 Å². The smallest absolute Gasteiger partial charge is 0.339 e. The summed E-state index contributed by atoms with van der Waals surface area (Å²) in [5.74, 6) is -0.970. The first kappa shape index (κ1) is 10.6. The second kappa shape index (κ2) is 3.74. The largest absolute Gasteiger partial charge is 0.478 e. The van der Waals surface area contributed by atoms with Crippen molar-refractivity contribution >= 4 is 5.97 Å². The zero-order chi connectivity index (χ0) is 10.8. The van der Waals surface area contributed by atoms with Gasteiger partial charge in [0.05, 0.1) is 11.3 Å². The van der Waals surface area contributed by atoms with Gasteiger partial charge in [0.2, 0.25) is 0 Å². The number of rotatable bonds is 3. The summed E-state index contributed by atoms with van der Waals surface area (Å²) in [5.41, 5.74) is 0.568. The number of carboxylic acid groups (broad SMARTS) is 1. The van der Waals surface area contributed by atoms with Gasteiger partial charge in [0.15, 0.2) is 0 Å². The Bertz CT molecular complexity index is 348. The molecule has 0 amide bonds. The monoisotopic (exact) mass is 194 g/mol. The van der Waals surface area contributed by atoms with E-state index < -0.39 is 5.97 Å². The van der Waals surface area contributed by atoms with Gasteiger partial charge in [-0.25, -0.2) is 14.8 Å². The van der Waals surface area contributed by atoms with Crippen LogP contribution < -0.4 is 0 Å². The topological polar surface area (TPSA) is 63.1 Å². The van der Waals surface area contributed by atoms with E-state index in [2.05, 4.69) is 9.97 Å². The molecular weight excluding hydrogens is 180 g/mol. The molecule has 0 bridgehead atoms. The van der Waals surface area contributed by atoms with Gasteiger partial charge in [0.25, 0.3) is 0 Å². The van der Waals surface area contributed by atoms with Crippen molar-refractivity contribution in [3.05, 3.63) is 23.8 Å². The van der Waals surface area contributed by atoms with E-state index in [9.17, 15) is 4.79 Å². The van der Waals surface area contributed by atoms with Crippen molar-refractivity contribution in [1.29, 1.82) is 0 Å². The van der Waals surface area contributed by atoms with E-state index in [1.165, 1.54) is 12.5 Å². The maximum Gasteiger partial charge on any atom is 0.339 e. The molecular formula is C10H14N2O2. The van der Waals surface area contributed by atoms with E-state index in [1.54, 1.807) is 0 Å². The van der Waals surface area contributed by atoms with Crippen molar-refractivity contribution < 1.29 is 9.90 Å². The average Bonchev–Trinajstić information content (AvgIpc) is 2.18. The standard InChI is InChI=1S/C10H14N2O2/c1-4-10(2,3)8-7(9(13)14)5-11-6-12-8/h5-6H,4H2,1-3H3,(H,13,14). The van der Waals surface area contributed by atoms with Crippen LogP contribution in [0.15, 0.2) is 12.5 Å². The molecule has 0 saturated carbocycles. The van der Waals surface area contributed by atoms with Crippen LogP contribution in [0.4, 0.5) is 0 Å². The van der Waals surface area contributed by atoms with Crippen molar-refractivity contribution in [2.75, 3.05) is 0 Å². The lowest BCUT2D eigenvalue weighted by Crippen LogP contribution is -2.22. The van der Waals surface area contributed by atoms with Crippen LogP contribution >= 0.6 is 0 Å². The fraction of sp³-hybridized carbons (Fsp3) is 0.500. The molecule has 0 aliphatic rings. The molecule has 1 N–H and O–H groups in total. The Hall–Kier alpha value is -1.45. The Kier molecular flexibility index (Phi) is 2.84. The molecule has 0 unspecified atom stereocenters. The van der Waals surface area contributed by atoms with Gasteiger partial charge in [-0.05, 0) is 6.42 Å². The highest BCUT2D eigenvalue weighted by molar-refractivity contribution is 5.88. The molecule has 14 heavy (non-hydrogen) atoms. The summed E-state index contributed by atoms with van der Waals surface area (Å²) < 4.78 is 0. The third-order valence-electron chi connectivity index (χ3n) is 2.47. The van der Waals surface area contributed by atoms with Crippen LogP contribution in [0.25, 0.3) is 0 Å². The molecule has 1 rings (SSSR count). The summed E-state index contributed by atoms with van der Waals surface area (Å²) in [6, 6.07) is 0. The number of carbonyl (C=O) groups is 1. The molecule has 1 aromatic rings. The van der Waals surface area contributed by atoms with E-state index in [4.69, 9.17) is 5.11 Å². The Morgan fingerprint density at radius 1 is 1.57 bits per heavy atom. The van der Waals surface area contributed by atoms with Crippen LogP contribution in [-0.2, 0) is 5.41 Å². The normalized spacial score (nSPS) is 11.4. The Morgan fingerprint density at radius 2 is 2.21 bits per heavy atom. The van der Waals surface area contributed by atoms with Crippen LogP contribution in [0.1, 0.15) is 43.2 Å². The summed E-state index contributed by atoms with van der Waals surface area (Å²) in [5, 5.41) is 8.94. The van der Waals surface area contributed by atoms with Crippen molar-refractivity contribution in [1.82, 2.24) is 9.97 Å². The maximum absolute atomic E-state index is 10.9. The number of aromatic carboxylic acids is 1. The first-order valence-electron chi connectivity index (χ1n) is 4.53. The van der Waals surface area contributed by atoms with Crippen molar-refractivity contribution in [3.63, 3.8) is 0 Å². The van der Waals surface area contributed by atoms with E-state index in [1.807, 2.05) is 20.8 Å². The summed E-state index contributed by atoms with van der Waals surface area (Å²) in [6.45, 7) is 5.96. The van der Waals surface area contributed by atoms with Crippen LogP contribution in [-0.4, -0.2) is 21.0 Å². The summed E-state index contributed by atoms with van der Waals surface area (Å²) >= 11 is 0. The van der Waals surface area contributed by atoms with Crippen LogP contribution in [0.3, 0.4) is 0 Å². The molecule has 0 aromatic carbocycles. The van der Waals surface area contributed by atoms with Gasteiger partial charge >= 0.3 is 5.97 Å². The van der Waals surface area contributed by atoms with Gasteiger partial charge in [-0.3, -0.25) is 0 Å². The van der Waals surface area contributed by atoms with E-state index >= 15 is 0 Å². The van der Waals surface area contributed by atoms with Crippen molar-refractivity contribution in [2.45, 2.75) is 32.6 Å². The zero-order valence-corrected chi connectivity index (χ0v) is 8.61. The first-order chi connectivity index (χ1) is 6.49. The van der Waals surface area contributed by atoms with Gasteiger partial charge in [-0.1, -0.05) is 20.8 Å². The third kappa shape index (κ3) is 1.89. The molecule has 0 radical (unpaired) electrons. The molecule has 1 heterocycles. The fourth-order valence-electron chi connectivity index (χ4n) is 1.19. The van der Waals surface area contributed by atoms with Gasteiger partial charge in [0.1, 0.15) is 6.33 Å². The zero-order valence-electron chi connectivity index (χ0n) is 8.61. The predicted octanol–water partition coefficient (Wildman–Crippen LogP) is 1.86. The number of aromatic nitrogens is 2. The molecule has 4 heteroatoms. The minimum absolute atomic E-state index is 0.194. The lowest BCUT2D eigenvalue weighted by molar-refractivity contribution is 0.0692. The lowest BCUT2D eigenvalue weighted by atomic mass is 9.84. The highest BCUT2D eigenvalue weighted by Crippen LogP contribution is 2.26. The predicted molar refractivity (Wildman–Crippen MR) is 52.3 cm³/mol. The first-order valence-corrected chi connectivity index (χ1v) is 4.53. The summed E-state index contributed by atoms with van der Waals surface area (Å²) in [6.07, 6.45) is 3.57. The van der Waals surface area contributed by atoms with Crippen molar-refractivity contribution in [2.24, 2.45) is 0 Å². The second-order valence-corrected chi connectivity index (χ2v) is 3.83. The molecule has 76 valence electrons. The number of carboxylic acids is 1. The van der Waals surface area contributed by atoms with E-state index in [0.717, 1.165) is 6.42 Å². The minimum Gasteiger partial charge on any atom is -0.478 e. The Morgan fingerprint density at radius 3 is 2.71 bits per heavy atom. The number of hydrogen-bond donors (Lipinski definition) is 1. The lowest BCUT2D eigenvalue weighted by Gasteiger charge is -2.22. The van der Waals surface area contributed by atoms with Gasteiger partial charge in [-0.2, -0.15) is 0 Å². The Labute approximate surface area is 83.0 Å². The molecule has 0 fully saturated rings. The summed E-state index contributed by atoms with van der Waals surface area (Å²) in [4.78, 5) is 18.7. The van der Waals surface area contributed by atoms with Crippen LogP contribution in [0.2, 0.25) is 0 Å². The molecule has 1 aromatic heterocycles. The van der Waals surface area contributed by atoms with Gasteiger partial charge in [0, 0.05) is 11.6 Å². The Balaban J connectivity index is 3.27. The summed E-state index contributed by atoms with van der Waals surface area (Å²) in [7, 11) is 0. The quantitative estimate of drug-likeness (QED) is 0.797. The molecule has 0 saturated heterocycles. The van der Waals surface area contributed by atoms with E-state index in [-0.39, 0.29) is 11.0 Å². The SMILES string of the molecule is CCC(C)(C)c1ncncc1C(=O)O. The van der Waals surface area contributed by atoms with Crippen molar-refractivity contribution in [3.8, 4) is 0 Å². The fourth-order valence-corrected chi connectivity index (χ4v) is 1.19. The highest BCUT2D eigenvalue weighted by Gasteiger charge is 2.25. The van der Waals surface area contributed by atoms with Gasteiger partial charge < -0.3 is 5.11 Å². The van der Waals surface area contributed by atoms with Crippen LogP contribution in [0, 0.1) is 0 Å². The molecule has 0 atom stereocenters. The van der Waals surface area contributed by atoms with E-state index in [0.29, 0.717) is 5.69 Å². The number of hydrogen-bond acceptors (Lipinski definition) is 3. The van der Waals surface area contributed by atoms with Crippen LogP contribution in [0.5, 0.6) is 0 Å². The molecule has 4 nitrogen and oxygen atoms in total. The maximum atomic E-state index is 10.9. The average molecular weight is 194 g/mol. The number of nitrogens with zero attached hydrogens (tertiary/aromatic N) is 2. The minimum atomic E-state index is -0.970.